The predicted molar refractivity (Wildman–Crippen MR) is 144 cm³/mol. The van der Waals surface area contributed by atoms with Gasteiger partial charge in [-0.2, -0.15) is 0 Å². The quantitative estimate of drug-likeness (QED) is 0.486. The third kappa shape index (κ3) is 7.36. The van der Waals surface area contributed by atoms with Gasteiger partial charge in [0.05, 0.1) is 17.4 Å². The lowest BCUT2D eigenvalue weighted by atomic mass is 9.90. The van der Waals surface area contributed by atoms with Crippen LogP contribution in [0.15, 0.2) is 34.6 Å². The summed E-state index contributed by atoms with van der Waals surface area (Å²) < 4.78 is 5.42. The van der Waals surface area contributed by atoms with E-state index in [1.165, 1.54) is 11.8 Å². The van der Waals surface area contributed by atoms with Crippen LogP contribution < -0.4 is 20.9 Å². The molecule has 0 bridgehead atoms. The first-order valence-corrected chi connectivity index (χ1v) is 13.7. The van der Waals surface area contributed by atoms with Gasteiger partial charge in [0.1, 0.15) is 22.3 Å². The fourth-order valence-corrected chi connectivity index (χ4v) is 5.34. The molecule has 4 heterocycles. The van der Waals surface area contributed by atoms with Crippen LogP contribution in [0.2, 0.25) is 5.02 Å². The second-order valence-corrected chi connectivity index (χ2v) is 12.1. The average Bonchev–Trinajstić information content (AvgIpc) is 2.82. The van der Waals surface area contributed by atoms with Gasteiger partial charge in [0.25, 0.3) is 0 Å². The number of piperidine rings is 2. The Labute approximate surface area is 222 Å². The Balaban J connectivity index is 1.32. The van der Waals surface area contributed by atoms with Crippen molar-refractivity contribution in [2.75, 3.05) is 36.4 Å². The van der Waals surface area contributed by atoms with Crippen molar-refractivity contribution < 1.29 is 9.53 Å². The zero-order valence-electron chi connectivity index (χ0n) is 21.4. The van der Waals surface area contributed by atoms with E-state index in [0.29, 0.717) is 11.1 Å². The first-order chi connectivity index (χ1) is 17.1. The van der Waals surface area contributed by atoms with Crippen LogP contribution in [0.3, 0.4) is 0 Å². The average molecular weight is 534 g/mol. The minimum atomic E-state index is -0.512. The van der Waals surface area contributed by atoms with E-state index in [-0.39, 0.29) is 11.6 Å². The molecule has 0 radical (unpaired) electrons. The summed E-state index contributed by atoms with van der Waals surface area (Å²) in [4.78, 5) is 29.0. The lowest BCUT2D eigenvalue weighted by molar-refractivity contribution is 0.0448. The predicted octanol–water partition coefficient (Wildman–Crippen LogP) is 4.72. The van der Waals surface area contributed by atoms with Crippen LogP contribution in [0, 0.1) is 0 Å². The highest BCUT2D eigenvalue weighted by Crippen LogP contribution is 2.36. The molecule has 0 saturated carbocycles. The number of amides is 1. The molecule has 2 fully saturated rings. The molecule has 11 heteroatoms. The molecule has 0 aromatic carbocycles. The maximum absolute atomic E-state index is 12.2. The van der Waals surface area contributed by atoms with Crippen molar-refractivity contribution in [1.29, 1.82) is 0 Å². The number of pyridine rings is 1. The zero-order valence-corrected chi connectivity index (χ0v) is 23.0. The number of carbonyl (C=O) groups excluding carboxylic acids is 1. The number of alkyl carbamates (subject to hydrolysis) is 1. The van der Waals surface area contributed by atoms with Gasteiger partial charge in [-0.1, -0.05) is 23.4 Å². The van der Waals surface area contributed by atoms with Crippen LogP contribution in [-0.4, -0.2) is 64.4 Å². The van der Waals surface area contributed by atoms with Gasteiger partial charge in [-0.05, 0) is 72.5 Å². The van der Waals surface area contributed by atoms with E-state index in [2.05, 4.69) is 42.7 Å². The van der Waals surface area contributed by atoms with Crippen LogP contribution in [-0.2, 0) is 4.74 Å². The van der Waals surface area contributed by atoms with Gasteiger partial charge in [0.15, 0.2) is 0 Å². The SMILES string of the molecule is CC1(NC(=O)OC(C)(C)C)CCN(c2cnc(Sc3ccnc(NC4CCNCC4)c3Cl)cn2)CC1. The van der Waals surface area contributed by atoms with Crippen LogP contribution >= 0.6 is 23.4 Å². The lowest BCUT2D eigenvalue weighted by Gasteiger charge is -2.40. The van der Waals surface area contributed by atoms with E-state index in [4.69, 9.17) is 16.3 Å². The molecule has 9 nitrogen and oxygen atoms in total. The molecular formula is C25H36ClN7O2S. The molecule has 2 aliphatic rings. The molecule has 196 valence electrons. The van der Waals surface area contributed by atoms with Gasteiger partial charge in [-0.15, -0.1) is 0 Å². The largest absolute Gasteiger partial charge is 0.444 e. The van der Waals surface area contributed by atoms with Crippen LogP contribution in [0.4, 0.5) is 16.4 Å². The number of nitrogens with zero attached hydrogens (tertiary/aromatic N) is 4. The van der Waals surface area contributed by atoms with Crippen LogP contribution in [0.25, 0.3) is 0 Å². The molecule has 1 amide bonds. The van der Waals surface area contributed by atoms with Gasteiger partial charge in [0, 0.05) is 35.8 Å². The summed E-state index contributed by atoms with van der Waals surface area (Å²) in [5.74, 6) is 1.54. The summed E-state index contributed by atoms with van der Waals surface area (Å²) in [5, 5.41) is 11.3. The monoisotopic (exact) mass is 533 g/mol. The van der Waals surface area contributed by atoms with Crippen molar-refractivity contribution in [2.24, 2.45) is 0 Å². The summed E-state index contributed by atoms with van der Waals surface area (Å²) in [6, 6.07) is 2.28. The Hall–Kier alpha value is -2.30. The number of anilines is 2. The number of halogens is 1. The summed E-state index contributed by atoms with van der Waals surface area (Å²) >= 11 is 8.15. The minimum absolute atomic E-state index is 0.306. The molecule has 2 aromatic heterocycles. The van der Waals surface area contributed by atoms with Gasteiger partial charge < -0.3 is 25.6 Å². The smallest absolute Gasteiger partial charge is 0.408 e. The zero-order chi connectivity index (χ0) is 25.8. The second-order valence-electron chi connectivity index (χ2n) is 10.6. The molecule has 2 aliphatic heterocycles. The van der Waals surface area contributed by atoms with Crippen molar-refractivity contribution in [2.45, 2.75) is 80.5 Å². The maximum Gasteiger partial charge on any atom is 0.408 e. The molecule has 0 aliphatic carbocycles. The number of rotatable bonds is 6. The van der Waals surface area contributed by atoms with E-state index in [9.17, 15) is 4.79 Å². The number of ether oxygens (including phenoxy) is 1. The Morgan fingerprint density at radius 3 is 2.56 bits per heavy atom. The molecule has 0 atom stereocenters. The van der Waals surface area contributed by atoms with Crippen molar-refractivity contribution in [3.05, 3.63) is 29.7 Å². The highest BCUT2D eigenvalue weighted by atomic mass is 35.5. The van der Waals surface area contributed by atoms with Gasteiger partial charge in [-0.3, -0.25) is 0 Å². The van der Waals surface area contributed by atoms with Crippen LogP contribution in [0.1, 0.15) is 53.4 Å². The van der Waals surface area contributed by atoms with Crippen molar-refractivity contribution in [1.82, 2.24) is 25.6 Å². The Kier molecular flexibility index (Phi) is 8.47. The molecule has 0 spiro atoms. The second kappa shape index (κ2) is 11.4. The summed E-state index contributed by atoms with van der Waals surface area (Å²) in [6.07, 6.45) is 8.68. The summed E-state index contributed by atoms with van der Waals surface area (Å²) in [6.45, 7) is 11.2. The van der Waals surface area contributed by atoms with E-state index in [0.717, 1.165) is 73.4 Å². The molecule has 36 heavy (non-hydrogen) atoms. The molecule has 4 rings (SSSR count). The highest BCUT2D eigenvalue weighted by molar-refractivity contribution is 7.99. The lowest BCUT2D eigenvalue weighted by Crippen LogP contribution is -2.54. The number of hydrogen-bond donors (Lipinski definition) is 3. The van der Waals surface area contributed by atoms with E-state index in [1.807, 2.05) is 26.8 Å². The number of nitrogens with one attached hydrogen (secondary N) is 3. The van der Waals surface area contributed by atoms with Gasteiger partial charge >= 0.3 is 6.09 Å². The Morgan fingerprint density at radius 2 is 1.92 bits per heavy atom. The van der Waals surface area contributed by atoms with Crippen LogP contribution in [0.5, 0.6) is 0 Å². The maximum atomic E-state index is 12.2. The third-order valence-corrected chi connectivity index (χ3v) is 7.83. The van der Waals surface area contributed by atoms with Crippen molar-refractivity contribution >= 4 is 41.1 Å². The molecule has 2 aromatic rings. The van der Waals surface area contributed by atoms with Gasteiger partial charge in [-0.25, -0.2) is 19.7 Å². The number of aromatic nitrogens is 3. The fourth-order valence-electron chi connectivity index (χ4n) is 4.31. The van der Waals surface area contributed by atoms with Crippen molar-refractivity contribution in [3.63, 3.8) is 0 Å². The topological polar surface area (TPSA) is 104 Å². The Morgan fingerprint density at radius 1 is 1.19 bits per heavy atom. The molecular weight excluding hydrogens is 498 g/mol. The molecule has 2 saturated heterocycles. The van der Waals surface area contributed by atoms with Gasteiger partial charge in [0.2, 0.25) is 0 Å². The fraction of sp³-hybridized carbons (Fsp3) is 0.600. The van der Waals surface area contributed by atoms with E-state index in [1.54, 1.807) is 18.6 Å². The molecule has 0 unspecified atom stereocenters. The number of carbonyl (C=O) groups is 1. The standard InChI is InChI=1S/C25H36ClN7O2S/c1-24(2,3)35-23(34)32-25(4)8-13-33(14-9-25)19-15-30-20(16-29-19)36-18-7-12-28-22(21(18)26)31-17-5-10-27-11-6-17/h7,12,15-17,27H,5-6,8-11,13-14H2,1-4H3,(H,28,31)(H,32,34). The highest BCUT2D eigenvalue weighted by Gasteiger charge is 2.33. The first-order valence-electron chi connectivity index (χ1n) is 12.5. The summed E-state index contributed by atoms with van der Waals surface area (Å²) in [5.41, 5.74) is -0.817. The number of hydrogen-bond acceptors (Lipinski definition) is 9. The van der Waals surface area contributed by atoms with Crippen molar-refractivity contribution in [3.8, 4) is 0 Å². The Bertz CT molecular complexity index is 1030. The summed E-state index contributed by atoms with van der Waals surface area (Å²) in [7, 11) is 0. The third-order valence-electron chi connectivity index (χ3n) is 6.36. The minimum Gasteiger partial charge on any atom is -0.444 e. The molecule has 3 N–H and O–H groups in total. The normalized spacial score (nSPS) is 18.5. The van der Waals surface area contributed by atoms with E-state index >= 15 is 0 Å². The first kappa shape index (κ1) is 26.8. The van der Waals surface area contributed by atoms with E-state index < -0.39 is 5.60 Å².